The first-order valence-electron chi connectivity index (χ1n) is 10.5. The number of anilines is 1. The summed E-state index contributed by atoms with van der Waals surface area (Å²) in [6.45, 7) is 6.30. The van der Waals surface area contributed by atoms with Gasteiger partial charge in [-0.15, -0.1) is 0 Å². The number of halogens is 1. The molecule has 1 aliphatic rings. The molecule has 0 radical (unpaired) electrons. The molecular formula is C27H27FN2O2. The number of allylic oxidation sites excluding steroid dienone is 1. The molecule has 0 aromatic heterocycles. The highest BCUT2D eigenvalue weighted by molar-refractivity contribution is 5.89. The topological polar surface area (TPSA) is 34.1 Å². The van der Waals surface area contributed by atoms with Gasteiger partial charge in [-0.25, -0.2) is 4.39 Å². The van der Waals surface area contributed by atoms with Crippen LogP contribution < -0.4 is 14.4 Å². The van der Waals surface area contributed by atoms with Gasteiger partial charge in [-0.3, -0.25) is 4.99 Å². The minimum Gasteiger partial charge on any atom is -0.497 e. The largest absolute Gasteiger partial charge is 0.497 e. The van der Waals surface area contributed by atoms with Crippen molar-refractivity contribution in [3.8, 4) is 17.2 Å². The molecule has 3 aromatic rings. The van der Waals surface area contributed by atoms with Crippen LogP contribution in [0.5, 0.6) is 17.2 Å². The Labute approximate surface area is 188 Å². The van der Waals surface area contributed by atoms with Crippen molar-refractivity contribution in [1.82, 2.24) is 0 Å². The van der Waals surface area contributed by atoms with Gasteiger partial charge in [-0.05, 0) is 87.0 Å². The zero-order valence-corrected chi connectivity index (χ0v) is 19.0. The third-order valence-electron chi connectivity index (χ3n) is 5.82. The van der Waals surface area contributed by atoms with E-state index in [0.29, 0.717) is 11.3 Å². The Balaban J connectivity index is 1.51. The van der Waals surface area contributed by atoms with Crippen LogP contribution in [0.1, 0.15) is 31.9 Å². The molecule has 0 amide bonds. The summed E-state index contributed by atoms with van der Waals surface area (Å²) in [4.78, 5) is 6.56. The number of rotatable bonds is 5. The van der Waals surface area contributed by atoms with Gasteiger partial charge in [-0.1, -0.05) is 6.08 Å². The molecule has 1 heterocycles. The minimum absolute atomic E-state index is 0.158. The van der Waals surface area contributed by atoms with Crippen LogP contribution in [0.3, 0.4) is 0 Å². The van der Waals surface area contributed by atoms with Crippen molar-refractivity contribution in [3.05, 3.63) is 83.7 Å². The summed E-state index contributed by atoms with van der Waals surface area (Å²) in [6, 6.07) is 18.2. The van der Waals surface area contributed by atoms with Crippen LogP contribution in [0.4, 0.5) is 15.8 Å². The lowest BCUT2D eigenvalue weighted by Crippen LogP contribution is -2.42. The molecule has 5 heteroatoms. The van der Waals surface area contributed by atoms with Crippen molar-refractivity contribution in [2.45, 2.75) is 26.3 Å². The summed E-state index contributed by atoms with van der Waals surface area (Å²) in [5.74, 6) is 1.90. The third kappa shape index (κ3) is 4.37. The van der Waals surface area contributed by atoms with Crippen LogP contribution in [-0.4, -0.2) is 25.9 Å². The summed E-state index contributed by atoms with van der Waals surface area (Å²) in [5.41, 5.74) is 4.08. The summed E-state index contributed by atoms with van der Waals surface area (Å²) in [6.07, 6.45) is 3.78. The van der Waals surface area contributed by atoms with Gasteiger partial charge < -0.3 is 14.4 Å². The van der Waals surface area contributed by atoms with Crippen LogP contribution in [0.15, 0.2) is 71.7 Å². The Morgan fingerprint density at radius 2 is 1.53 bits per heavy atom. The molecule has 0 spiro atoms. The maximum Gasteiger partial charge on any atom is 0.134 e. The van der Waals surface area contributed by atoms with Crippen LogP contribution >= 0.6 is 0 Å². The number of methoxy groups -OCH3 is 1. The normalized spacial score (nSPS) is 14.8. The van der Waals surface area contributed by atoms with E-state index in [1.165, 1.54) is 0 Å². The van der Waals surface area contributed by atoms with Gasteiger partial charge in [0.15, 0.2) is 0 Å². The number of aliphatic imine (C=N–C) groups is 1. The number of hydrogen-bond acceptors (Lipinski definition) is 4. The molecule has 3 aromatic carbocycles. The second-order valence-electron chi connectivity index (χ2n) is 8.46. The lowest BCUT2D eigenvalue weighted by Gasteiger charge is -2.40. The van der Waals surface area contributed by atoms with Gasteiger partial charge in [-0.2, -0.15) is 0 Å². The summed E-state index contributed by atoms with van der Waals surface area (Å²) >= 11 is 0. The molecule has 4 rings (SSSR count). The van der Waals surface area contributed by atoms with E-state index in [2.05, 4.69) is 36.7 Å². The van der Waals surface area contributed by atoms with E-state index >= 15 is 0 Å². The fourth-order valence-corrected chi connectivity index (χ4v) is 3.81. The first kappa shape index (κ1) is 21.6. The van der Waals surface area contributed by atoms with Gasteiger partial charge in [0.05, 0.1) is 18.3 Å². The molecule has 0 atom stereocenters. The second kappa shape index (κ2) is 8.50. The van der Waals surface area contributed by atoms with E-state index in [0.717, 1.165) is 34.0 Å². The van der Waals surface area contributed by atoms with E-state index in [-0.39, 0.29) is 11.4 Å². The maximum absolute atomic E-state index is 14.8. The molecule has 0 bridgehead atoms. The highest BCUT2D eigenvalue weighted by atomic mass is 19.1. The first-order valence-corrected chi connectivity index (χ1v) is 10.5. The van der Waals surface area contributed by atoms with Crippen LogP contribution in [-0.2, 0) is 0 Å². The van der Waals surface area contributed by atoms with Gasteiger partial charge >= 0.3 is 0 Å². The Bertz CT molecular complexity index is 1180. The molecular weight excluding hydrogens is 403 g/mol. The monoisotopic (exact) mass is 430 g/mol. The van der Waals surface area contributed by atoms with Crippen molar-refractivity contribution in [3.63, 3.8) is 0 Å². The van der Waals surface area contributed by atoms with Crippen molar-refractivity contribution in [2.75, 3.05) is 19.1 Å². The van der Waals surface area contributed by atoms with E-state index in [1.54, 1.807) is 19.4 Å². The van der Waals surface area contributed by atoms with Gasteiger partial charge in [0.1, 0.15) is 23.1 Å². The predicted octanol–water partition coefficient (Wildman–Crippen LogP) is 7.01. The molecule has 0 unspecified atom stereocenters. The fraction of sp³-hybridized carbons (Fsp3) is 0.222. The van der Waals surface area contributed by atoms with Gasteiger partial charge in [0, 0.05) is 30.1 Å². The van der Waals surface area contributed by atoms with Crippen LogP contribution in [0, 0.1) is 5.82 Å². The van der Waals surface area contributed by atoms with Gasteiger partial charge in [0.2, 0.25) is 0 Å². The number of ether oxygens (including phenoxy) is 2. The summed E-state index contributed by atoms with van der Waals surface area (Å²) in [5, 5.41) is 0. The smallest absolute Gasteiger partial charge is 0.134 e. The quantitative estimate of drug-likeness (QED) is 0.408. The zero-order valence-electron chi connectivity index (χ0n) is 19.0. The highest BCUT2D eigenvalue weighted by Crippen LogP contribution is 2.39. The van der Waals surface area contributed by atoms with Crippen LogP contribution in [0.25, 0.3) is 5.57 Å². The molecule has 0 aliphatic carbocycles. The number of benzene rings is 3. The van der Waals surface area contributed by atoms with E-state index in [4.69, 9.17) is 9.47 Å². The average Bonchev–Trinajstić information content (AvgIpc) is 2.78. The number of fused-ring (bicyclic) bond motifs is 1. The zero-order chi connectivity index (χ0) is 22.9. The number of nitrogens with zero attached hydrogens (tertiary/aromatic N) is 2. The summed E-state index contributed by atoms with van der Waals surface area (Å²) in [7, 11) is 3.62. The molecule has 1 aliphatic heterocycles. The van der Waals surface area contributed by atoms with Crippen molar-refractivity contribution in [2.24, 2.45) is 4.99 Å². The first-order chi connectivity index (χ1) is 15.3. The second-order valence-corrected chi connectivity index (χ2v) is 8.46. The average molecular weight is 431 g/mol. The van der Waals surface area contributed by atoms with Crippen molar-refractivity contribution >= 4 is 23.2 Å². The standard InChI is InChI=1S/C27H27FN2O2/c1-18-16-27(2,3)30(4)26-15-25(28)19(14-24(18)26)17-29-20-6-8-22(9-7-20)32-23-12-10-21(31-5)11-13-23/h6-17H,1-5H3. The minimum atomic E-state index is -0.288. The Kier molecular flexibility index (Phi) is 5.74. The predicted molar refractivity (Wildman–Crippen MR) is 129 cm³/mol. The molecule has 0 fully saturated rings. The van der Waals surface area contributed by atoms with Crippen molar-refractivity contribution < 1.29 is 13.9 Å². The Morgan fingerprint density at radius 3 is 2.16 bits per heavy atom. The molecule has 0 saturated heterocycles. The van der Waals surface area contributed by atoms with E-state index in [9.17, 15) is 4.39 Å². The number of hydrogen-bond donors (Lipinski definition) is 0. The van der Waals surface area contributed by atoms with Crippen LogP contribution in [0.2, 0.25) is 0 Å². The lowest BCUT2D eigenvalue weighted by molar-refractivity contribution is 0.413. The Morgan fingerprint density at radius 1 is 0.938 bits per heavy atom. The van der Waals surface area contributed by atoms with E-state index in [1.807, 2.05) is 61.6 Å². The molecule has 32 heavy (non-hydrogen) atoms. The SMILES string of the molecule is COc1ccc(Oc2ccc(N=Cc3cc4c(cc3F)N(C)C(C)(C)C=C4C)cc2)cc1. The van der Waals surface area contributed by atoms with E-state index < -0.39 is 0 Å². The molecule has 4 nitrogen and oxygen atoms in total. The molecule has 0 N–H and O–H groups in total. The lowest BCUT2D eigenvalue weighted by atomic mass is 9.88. The highest BCUT2D eigenvalue weighted by Gasteiger charge is 2.29. The summed E-state index contributed by atoms with van der Waals surface area (Å²) < 4.78 is 25.8. The third-order valence-corrected chi connectivity index (χ3v) is 5.82. The van der Waals surface area contributed by atoms with Crippen molar-refractivity contribution in [1.29, 1.82) is 0 Å². The Hall–Kier alpha value is -3.60. The molecule has 164 valence electrons. The maximum atomic E-state index is 14.8. The number of likely N-dealkylation sites (N-methyl/N-ethyl adjacent to an activating group) is 1. The molecule has 0 saturated carbocycles. The fourth-order valence-electron chi connectivity index (χ4n) is 3.81. The van der Waals surface area contributed by atoms with Gasteiger partial charge in [0.25, 0.3) is 0 Å².